The van der Waals surface area contributed by atoms with Gasteiger partial charge in [-0.05, 0) is 89.7 Å². The number of hydrogen-bond acceptors (Lipinski definition) is 10. The summed E-state index contributed by atoms with van der Waals surface area (Å²) < 4.78 is 24.3. The van der Waals surface area contributed by atoms with Gasteiger partial charge in [0, 0.05) is 48.7 Å². The molecule has 0 aliphatic carbocycles. The van der Waals surface area contributed by atoms with E-state index in [0.717, 1.165) is 46.5 Å². The molecule has 59 heavy (non-hydrogen) atoms. The highest BCUT2D eigenvalue weighted by Gasteiger charge is 2.39. The first-order valence-electron chi connectivity index (χ1n) is 19.9. The third-order valence-corrected chi connectivity index (χ3v) is 11.7. The summed E-state index contributed by atoms with van der Waals surface area (Å²) in [5.74, 6) is 2.09. The van der Waals surface area contributed by atoms with Crippen molar-refractivity contribution in [1.82, 2.24) is 0 Å². The van der Waals surface area contributed by atoms with Crippen LogP contribution in [0.15, 0.2) is 91.0 Å². The van der Waals surface area contributed by atoms with E-state index >= 15 is 0 Å². The lowest BCUT2D eigenvalue weighted by Crippen LogP contribution is -2.39. The zero-order valence-corrected chi connectivity index (χ0v) is 33.8. The number of thiol groups is 1. The predicted octanol–water partition coefficient (Wildman–Crippen LogP) is 7.50. The molecule has 3 amide bonds. The zero-order chi connectivity index (χ0) is 40.6. The Morgan fingerprint density at radius 3 is 1.66 bits per heavy atom. The molecule has 0 saturated carbocycles. The average molecular weight is 812 g/mol. The van der Waals surface area contributed by atoms with Gasteiger partial charge in [0.15, 0.2) is 23.0 Å². The third kappa shape index (κ3) is 7.35. The summed E-state index contributed by atoms with van der Waals surface area (Å²) in [6.07, 6.45) is 2.54. The highest BCUT2D eigenvalue weighted by atomic mass is 32.1. The Hall–Kier alpha value is -6.34. The van der Waals surface area contributed by atoms with Crippen LogP contribution in [0.1, 0.15) is 55.8 Å². The Labute approximate surface area is 348 Å². The molecule has 0 fully saturated rings. The van der Waals surface area contributed by atoms with Crippen molar-refractivity contribution < 1.29 is 33.3 Å². The van der Waals surface area contributed by atoms with Crippen LogP contribution in [-0.4, -0.2) is 62.9 Å². The number of fused-ring (bicyclic) bond motifs is 8. The average Bonchev–Trinajstić information content (AvgIpc) is 3.75. The van der Waals surface area contributed by atoms with E-state index in [1.165, 1.54) is 0 Å². The van der Waals surface area contributed by atoms with Crippen LogP contribution in [0.5, 0.6) is 23.0 Å². The third-order valence-electron chi connectivity index (χ3n) is 11.4. The molecule has 0 radical (unpaired) electrons. The number of methoxy groups -OCH3 is 2. The van der Waals surface area contributed by atoms with Crippen molar-refractivity contribution in [3.05, 3.63) is 124 Å². The number of benzene rings is 5. The summed E-state index contributed by atoms with van der Waals surface area (Å²) in [7, 11) is 3.11. The molecular weight excluding hydrogens is 767 g/mol. The van der Waals surface area contributed by atoms with Gasteiger partial charge in [-0.2, -0.15) is 12.6 Å². The van der Waals surface area contributed by atoms with E-state index in [1.54, 1.807) is 26.4 Å². The van der Waals surface area contributed by atoms with Crippen molar-refractivity contribution in [1.29, 1.82) is 0 Å². The molecule has 0 bridgehead atoms. The Balaban J connectivity index is 0.959. The molecule has 0 saturated heterocycles. The maximum absolute atomic E-state index is 14.0. The lowest BCUT2D eigenvalue weighted by atomic mass is 10.1. The molecule has 5 aromatic carbocycles. The number of anilines is 5. The Kier molecular flexibility index (Phi) is 10.4. The normalized spacial score (nSPS) is 17.1. The number of carbonyl (C=O) groups is 3. The molecule has 0 spiro atoms. The lowest BCUT2D eigenvalue weighted by molar-refractivity contribution is -0.116. The Morgan fingerprint density at radius 1 is 0.695 bits per heavy atom. The van der Waals surface area contributed by atoms with E-state index < -0.39 is 0 Å². The highest BCUT2D eigenvalue weighted by molar-refractivity contribution is 7.80. The van der Waals surface area contributed by atoms with Crippen LogP contribution >= 0.6 is 12.6 Å². The molecule has 0 unspecified atom stereocenters. The van der Waals surface area contributed by atoms with E-state index in [2.05, 4.69) is 40.7 Å². The van der Waals surface area contributed by atoms with Gasteiger partial charge in [-0.1, -0.05) is 36.4 Å². The summed E-state index contributed by atoms with van der Waals surface area (Å²) in [6, 6.07) is 28.9. The van der Waals surface area contributed by atoms with Gasteiger partial charge in [0.25, 0.3) is 11.8 Å². The summed E-state index contributed by atoms with van der Waals surface area (Å²) in [5.41, 5.74) is 8.71. The molecule has 302 valence electrons. The number of amides is 3. The van der Waals surface area contributed by atoms with Gasteiger partial charge < -0.3 is 44.7 Å². The van der Waals surface area contributed by atoms with Gasteiger partial charge in [0.05, 0.1) is 48.8 Å². The second-order valence-electron chi connectivity index (χ2n) is 15.2. The molecule has 0 aromatic heterocycles. The minimum atomic E-state index is -0.124. The molecule has 4 heterocycles. The summed E-state index contributed by atoms with van der Waals surface area (Å²) >= 11 is 4.27. The second-order valence-corrected chi connectivity index (χ2v) is 15.6. The van der Waals surface area contributed by atoms with Crippen LogP contribution in [0.25, 0.3) is 0 Å². The van der Waals surface area contributed by atoms with Crippen molar-refractivity contribution in [3.8, 4) is 23.0 Å². The monoisotopic (exact) mass is 811 g/mol. The van der Waals surface area contributed by atoms with Crippen LogP contribution in [-0.2, 0) is 30.8 Å². The standard InChI is InChI=1S/C46H45N5O7S/c1-55-40-19-34-36(47-23-32-17-29-8-3-5-10-38(29)50(32)45(34)53)21-42(40)57-25-27-14-28(16-31(15-27)49-44(52)12-7-13-59)26-58-43-22-37-35(20-41(43)56-2)46(54)51-33(24-48-37)18-30-9-4-6-11-39(30)51/h3-6,8-11,14-16,19-22,32-33,47-48,59H,7,12-13,17-18,23-26H2,1-2H3,(H,49,52)/t32-,33-/m0/s1. The number of nitrogens with zero attached hydrogens (tertiary/aromatic N) is 2. The maximum Gasteiger partial charge on any atom is 0.260 e. The maximum atomic E-state index is 14.0. The van der Waals surface area contributed by atoms with E-state index in [1.807, 2.05) is 76.5 Å². The first-order valence-corrected chi connectivity index (χ1v) is 20.5. The number of ether oxygens (including phenoxy) is 4. The molecule has 13 heteroatoms. The number of nitrogens with one attached hydrogen (secondary N) is 3. The zero-order valence-electron chi connectivity index (χ0n) is 32.9. The fourth-order valence-electron chi connectivity index (χ4n) is 8.61. The van der Waals surface area contributed by atoms with E-state index in [-0.39, 0.29) is 43.0 Å². The van der Waals surface area contributed by atoms with Crippen molar-refractivity contribution in [2.45, 2.75) is 51.0 Å². The topological polar surface area (TPSA) is 131 Å². The van der Waals surface area contributed by atoms with Crippen molar-refractivity contribution in [2.24, 2.45) is 0 Å². The van der Waals surface area contributed by atoms with Gasteiger partial charge in [-0.25, -0.2) is 0 Å². The van der Waals surface area contributed by atoms with Gasteiger partial charge in [0.1, 0.15) is 13.2 Å². The number of rotatable bonds is 12. The second kappa shape index (κ2) is 16.1. The minimum absolute atomic E-state index is 0.00518. The SMILES string of the molecule is COc1cc2c(cc1OCc1cc(COc3cc4c(cc3OC)C(=O)N3c5ccccc5C[C@H]3CN4)cc(NC(=O)CCCS)c1)NC[C@@H]1Cc3ccccc3N1C2=O. The molecular formula is C46H45N5O7S. The molecule has 2 atom stereocenters. The fraction of sp³-hybridized carbons (Fsp3) is 0.283. The number of para-hydroxylation sites is 2. The highest BCUT2D eigenvalue weighted by Crippen LogP contribution is 2.42. The predicted molar refractivity (Wildman–Crippen MR) is 231 cm³/mol. The van der Waals surface area contributed by atoms with Crippen LogP contribution in [0.3, 0.4) is 0 Å². The molecule has 9 rings (SSSR count). The van der Waals surface area contributed by atoms with Gasteiger partial charge in [0.2, 0.25) is 5.91 Å². The van der Waals surface area contributed by atoms with E-state index in [9.17, 15) is 14.4 Å². The van der Waals surface area contributed by atoms with Crippen molar-refractivity contribution >= 4 is 58.8 Å². The molecule has 4 aliphatic rings. The largest absolute Gasteiger partial charge is 0.493 e. The summed E-state index contributed by atoms with van der Waals surface area (Å²) in [6.45, 7) is 1.44. The van der Waals surface area contributed by atoms with Crippen molar-refractivity contribution in [2.75, 3.05) is 58.8 Å². The Bertz CT molecular complexity index is 2320. The van der Waals surface area contributed by atoms with Crippen LogP contribution in [0.2, 0.25) is 0 Å². The van der Waals surface area contributed by atoms with Crippen molar-refractivity contribution in [3.63, 3.8) is 0 Å². The van der Waals surface area contributed by atoms with Gasteiger partial charge in [-0.3, -0.25) is 14.4 Å². The minimum Gasteiger partial charge on any atom is -0.493 e. The van der Waals surface area contributed by atoms with Crippen LogP contribution in [0, 0.1) is 0 Å². The number of carbonyl (C=O) groups excluding carboxylic acids is 3. The molecule has 12 nitrogen and oxygen atoms in total. The smallest absolute Gasteiger partial charge is 0.260 e. The van der Waals surface area contributed by atoms with Crippen LogP contribution < -0.4 is 44.7 Å². The lowest BCUT2D eigenvalue weighted by Gasteiger charge is -2.23. The summed E-state index contributed by atoms with van der Waals surface area (Å²) in [5, 5.41) is 9.99. The summed E-state index contributed by atoms with van der Waals surface area (Å²) in [4.78, 5) is 44.6. The van der Waals surface area contributed by atoms with Gasteiger partial charge >= 0.3 is 0 Å². The van der Waals surface area contributed by atoms with E-state index in [0.29, 0.717) is 82.9 Å². The fourth-order valence-corrected chi connectivity index (χ4v) is 8.77. The number of hydrogen-bond donors (Lipinski definition) is 4. The molecule has 4 aliphatic heterocycles. The molecule has 5 aromatic rings. The molecule has 3 N–H and O–H groups in total. The van der Waals surface area contributed by atoms with E-state index in [4.69, 9.17) is 18.9 Å². The quantitative estimate of drug-likeness (QED) is 0.0947. The first-order chi connectivity index (χ1) is 28.8. The first kappa shape index (κ1) is 38.2. The van der Waals surface area contributed by atoms with Gasteiger partial charge in [-0.15, -0.1) is 0 Å². The van der Waals surface area contributed by atoms with Crippen LogP contribution in [0.4, 0.5) is 28.4 Å². The Morgan fingerprint density at radius 2 is 1.19 bits per heavy atom.